The summed E-state index contributed by atoms with van der Waals surface area (Å²) >= 11 is 1.48. The molecule has 0 aliphatic carbocycles. The number of allylic oxidation sites excluding steroid dienone is 2. The highest BCUT2D eigenvalue weighted by Gasteiger charge is 2.26. The summed E-state index contributed by atoms with van der Waals surface area (Å²) in [5.41, 5.74) is 3.02. The Morgan fingerprint density at radius 2 is 2.08 bits per heavy atom. The highest BCUT2D eigenvalue weighted by molar-refractivity contribution is 8.01. The van der Waals surface area contributed by atoms with Gasteiger partial charge >= 0.3 is 0 Å². The third-order valence-electron chi connectivity index (χ3n) is 3.54. The van der Waals surface area contributed by atoms with Crippen molar-refractivity contribution in [2.45, 2.75) is 6.92 Å². The van der Waals surface area contributed by atoms with Crippen LogP contribution in [-0.4, -0.2) is 41.0 Å². The molecule has 0 atom stereocenters. The fourth-order valence-corrected chi connectivity index (χ4v) is 3.32. The second-order valence-corrected chi connectivity index (χ2v) is 6.56. The van der Waals surface area contributed by atoms with Gasteiger partial charge in [0.2, 0.25) is 5.91 Å². The van der Waals surface area contributed by atoms with E-state index in [0.29, 0.717) is 13.1 Å². The second-order valence-electron chi connectivity index (χ2n) is 5.33. The van der Waals surface area contributed by atoms with Crippen molar-refractivity contribution in [3.05, 3.63) is 59.5 Å². The molecule has 1 aromatic rings. The summed E-state index contributed by atoms with van der Waals surface area (Å²) in [6.07, 6.45) is 6.62. The molecule has 1 aliphatic heterocycles. The van der Waals surface area contributed by atoms with Gasteiger partial charge in [0.05, 0.1) is 12.2 Å². The maximum absolute atomic E-state index is 12.6. The molecule has 25 heavy (non-hydrogen) atoms. The van der Waals surface area contributed by atoms with Gasteiger partial charge in [0, 0.05) is 24.1 Å². The molecule has 0 spiro atoms. The van der Waals surface area contributed by atoms with Gasteiger partial charge in [-0.1, -0.05) is 36.9 Å². The number of para-hydroxylation sites is 1. The lowest BCUT2D eigenvalue weighted by atomic mass is 10.1. The molecule has 7 heteroatoms. The lowest BCUT2D eigenvalue weighted by molar-refractivity contribution is -0.124. The van der Waals surface area contributed by atoms with E-state index in [9.17, 15) is 9.59 Å². The van der Waals surface area contributed by atoms with E-state index in [1.165, 1.54) is 18.0 Å². The predicted octanol–water partition coefficient (Wildman–Crippen LogP) is 2.59. The summed E-state index contributed by atoms with van der Waals surface area (Å²) in [7, 11) is 0. The first kappa shape index (κ1) is 19.0. The Morgan fingerprint density at radius 1 is 1.32 bits per heavy atom. The fraction of sp³-hybridized carbons (Fsp3) is 0.222. The van der Waals surface area contributed by atoms with Crippen LogP contribution in [0.4, 0.5) is 5.69 Å². The predicted molar refractivity (Wildman–Crippen MR) is 101 cm³/mol. The number of nitrogens with one attached hydrogen (secondary N) is 1. The van der Waals surface area contributed by atoms with Crippen molar-refractivity contribution in [2.75, 3.05) is 24.5 Å². The summed E-state index contributed by atoms with van der Waals surface area (Å²) < 4.78 is 1.98. The number of rotatable bonds is 6. The van der Waals surface area contributed by atoms with E-state index in [0.717, 1.165) is 16.2 Å². The van der Waals surface area contributed by atoms with Gasteiger partial charge in [0.15, 0.2) is 0 Å². The molecule has 1 saturated heterocycles. The summed E-state index contributed by atoms with van der Waals surface area (Å²) in [5, 5.41) is 8.58. The Hall–Kier alpha value is -2.35. The fourth-order valence-electron chi connectivity index (χ4n) is 2.44. The summed E-state index contributed by atoms with van der Waals surface area (Å²) in [4.78, 5) is 26.4. The molecule has 2 amide bonds. The van der Waals surface area contributed by atoms with Gasteiger partial charge in [-0.2, -0.15) is 0 Å². The third kappa shape index (κ3) is 5.32. The zero-order valence-electron chi connectivity index (χ0n) is 14.0. The van der Waals surface area contributed by atoms with Gasteiger partial charge in [-0.15, -0.1) is 0 Å². The highest BCUT2D eigenvalue weighted by Crippen LogP contribution is 2.27. The number of anilines is 1. The van der Waals surface area contributed by atoms with Crippen LogP contribution in [0.5, 0.6) is 0 Å². The van der Waals surface area contributed by atoms with E-state index in [4.69, 9.17) is 5.21 Å². The van der Waals surface area contributed by atoms with Crippen LogP contribution in [0.1, 0.15) is 12.5 Å². The van der Waals surface area contributed by atoms with Gasteiger partial charge < -0.3 is 4.90 Å². The Kier molecular flexibility index (Phi) is 7.00. The molecule has 0 radical (unpaired) electrons. The van der Waals surface area contributed by atoms with Crippen LogP contribution in [-0.2, 0) is 9.59 Å². The molecule has 1 heterocycles. The number of benzene rings is 1. The molecule has 132 valence electrons. The van der Waals surface area contributed by atoms with Crippen LogP contribution in [0, 0.1) is 0 Å². The molecular formula is C18H21N3O3S. The van der Waals surface area contributed by atoms with Gasteiger partial charge in [0.1, 0.15) is 0 Å². The Bertz CT molecular complexity index is 715. The lowest BCUT2D eigenvalue weighted by Gasteiger charge is -2.34. The van der Waals surface area contributed by atoms with Crippen molar-refractivity contribution in [1.82, 2.24) is 9.79 Å². The molecule has 0 bridgehead atoms. The van der Waals surface area contributed by atoms with Gasteiger partial charge in [-0.3, -0.25) is 14.8 Å². The molecule has 2 N–H and O–H groups in total. The van der Waals surface area contributed by atoms with Gasteiger partial charge in [0.25, 0.3) is 5.91 Å². The molecule has 0 unspecified atom stereocenters. The van der Waals surface area contributed by atoms with E-state index in [1.54, 1.807) is 16.5 Å². The van der Waals surface area contributed by atoms with E-state index >= 15 is 0 Å². The Morgan fingerprint density at radius 3 is 2.76 bits per heavy atom. The summed E-state index contributed by atoms with van der Waals surface area (Å²) in [6.45, 7) is 7.42. The molecule has 1 fully saturated rings. The van der Waals surface area contributed by atoms with Crippen molar-refractivity contribution in [3.63, 3.8) is 0 Å². The first-order valence-corrected chi connectivity index (χ1v) is 8.58. The third-order valence-corrected chi connectivity index (χ3v) is 4.48. The van der Waals surface area contributed by atoms with E-state index < -0.39 is 5.91 Å². The number of hydrogen-bond acceptors (Lipinski definition) is 5. The molecule has 0 saturated carbocycles. The van der Waals surface area contributed by atoms with Gasteiger partial charge in [-0.05, 0) is 36.6 Å². The maximum Gasteiger partial charge on any atom is 0.267 e. The zero-order valence-corrected chi connectivity index (χ0v) is 14.8. The lowest BCUT2D eigenvalue weighted by Crippen LogP contribution is -2.48. The Labute approximate surface area is 151 Å². The number of carbonyl (C=O) groups excluding carboxylic acids is 2. The molecule has 2 rings (SSSR count). The van der Waals surface area contributed by atoms with Crippen LogP contribution in [0.3, 0.4) is 0 Å². The SMILES string of the molecule is C=C(/C=C\C)SN1CCN(c2ccccc2/C=C/C(=O)NO)C(=O)C1. The molecule has 1 aromatic carbocycles. The van der Waals surface area contributed by atoms with Crippen molar-refractivity contribution in [2.24, 2.45) is 0 Å². The first-order valence-electron chi connectivity index (χ1n) is 7.81. The van der Waals surface area contributed by atoms with Crippen molar-refractivity contribution < 1.29 is 14.8 Å². The average Bonchev–Trinajstić information content (AvgIpc) is 2.60. The molecule has 1 aliphatic rings. The minimum absolute atomic E-state index is 0.0144. The summed E-state index contributed by atoms with van der Waals surface area (Å²) in [6, 6.07) is 7.34. The smallest absolute Gasteiger partial charge is 0.267 e. The van der Waals surface area contributed by atoms with Crippen molar-refractivity contribution >= 4 is 35.5 Å². The van der Waals surface area contributed by atoms with E-state index in [-0.39, 0.29) is 12.5 Å². The number of amides is 2. The molecule has 0 aromatic heterocycles. The minimum atomic E-state index is -0.621. The van der Waals surface area contributed by atoms with Gasteiger partial charge in [-0.25, -0.2) is 9.79 Å². The van der Waals surface area contributed by atoms with Crippen molar-refractivity contribution in [1.29, 1.82) is 0 Å². The number of hydroxylamine groups is 1. The molecule has 6 nitrogen and oxygen atoms in total. The van der Waals surface area contributed by atoms with Crippen LogP contribution in [0.25, 0.3) is 6.08 Å². The summed E-state index contributed by atoms with van der Waals surface area (Å²) in [5.74, 6) is -0.635. The number of nitrogens with zero attached hydrogens (tertiary/aromatic N) is 2. The highest BCUT2D eigenvalue weighted by atomic mass is 32.2. The maximum atomic E-state index is 12.6. The van der Waals surface area contributed by atoms with Crippen LogP contribution >= 0.6 is 11.9 Å². The number of hydrogen-bond donors (Lipinski definition) is 2. The minimum Gasteiger partial charge on any atom is -0.309 e. The first-order chi connectivity index (χ1) is 12.0. The number of piperazine rings is 1. The second kappa shape index (κ2) is 9.22. The topological polar surface area (TPSA) is 72.9 Å². The van der Waals surface area contributed by atoms with Crippen LogP contribution < -0.4 is 10.4 Å². The van der Waals surface area contributed by atoms with Crippen LogP contribution in [0.15, 0.2) is 54.0 Å². The Balaban J connectivity index is 2.11. The van der Waals surface area contributed by atoms with E-state index in [2.05, 4.69) is 6.58 Å². The number of carbonyl (C=O) groups is 2. The zero-order chi connectivity index (χ0) is 18.2. The molecular weight excluding hydrogens is 338 g/mol. The largest absolute Gasteiger partial charge is 0.309 e. The van der Waals surface area contributed by atoms with Crippen LogP contribution in [0.2, 0.25) is 0 Å². The van der Waals surface area contributed by atoms with Crippen molar-refractivity contribution in [3.8, 4) is 0 Å². The average molecular weight is 359 g/mol. The quantitative estimate of drug-likeness (QED) is 0.269. The normalized spacial score (nSPS) is 15.9. The van der Waals surface area contributed by atoms with E-state index in [1.807, 2.05) is 47.6 Å². The monoisotopic (exact) mass is 359 g/mol. The standard InChI is InChI=1S/C18H21N3O3S/c1-3-6-14(2)25-20-11-12-21(18(23)13-20)16-8-5-4-7-15(16)9-10-17(22)19-24/h3-10,24H,2,11-13H2,1H3,(H,19,22)/b6-3-,10-9+.